The van der Waals surface area contributed by atoms with Crippen LogP contribution in [0.1, 0.15) is 32.4 Å². The zero-order valence-corrected chi connectivity index (χ0v) is 10.8. The molecule has 0 aliphatic carbocycles. The molecule has 0 heterocycles. The van der Waals surface area contributed by atoms with Crippen molar-refractivity contribution in [1.82, 2.24) is 0 Å². The predicted octanol–water partition coefficient (Wildman–Crippen LogP) is 3.91. The van der Waals surface area contributed by atoms with Crippen molar-refractivity contribution in [3.63, 3.8) is 0 Å². The monoisotopic (exact) mass is 274 g/mol. The van der Waals surface area contributed by atoms with E-state index < -0.39 is 6.10 Å². The molecule has 2 atom stereocenters. The molecule has 0 amide bonds. The maximum Gasteiger partial charge on any atom is 0.137 e. The van der Waals surface area contributed by atoms with Crippen molar-refractivity contribution >= 4 is 15.9 Å². The van der Waals surface area contributed by atoms with Gasteiger partial charge in [-0.3, -0.25) is 0 Å². The van der Waals surface area contributed by atoms with Gasteiger partial charge in [-0.25, -0.2) is 4.39 Å². The van der Waals surface area contributed by atoms with E-state index in [1.807, 2.05) is 6.92 Å². The first-order valence-corrected chi connectivity index (χ1v) is 5.85. The number of benzene rings is 1. The Bertz CT molecular complexity index is 338. The summed E-state index contributed by atoms with van der Waals surface area (Å²) in [6.45, 7) is 6.12. The Hall–Kier alpha value is -0.410. The maximum absolute atomic E-state index is 13.0. The van der Waals surface area contributed by atoms with Crippen LogP contribution >= 0.6 is 15.9 Å². The highest BCUT2D eigenvalue weighted by Gasteiger charge is 2.19. The molecule has 3 heteroatoms. The van der Waals surface area contributed by atoms with Gasteiger partial charge in [-0.2, -0.15) is 0 Å². The van der Waals surface area contributed by atoms with Crippen LogP contribution in [0.3, 0.4) is 0 Å². The normalized spacial score (nSPS) is 15.4. The lowest BCUT2D eigenvalue weighted by Gasteiger charge is -2.22. The average Bonchev–Trinajstić information content (AvgIpc) is 2.19. The summed E-state index contributed by atoms with van der Waals surface area (Å²) in [5, 5.41) is 10.0. The number of aliphatic hydroxyl groups excluding tert-OH is 1. The minimum absolute atomic E-state index is 0.155. The standard InChI is InChI=1S/C12H16BrFO/c1-7(2)8(3)12(15)9-4-5-11(14)10(13)6-9/h4-8,12,15H,1-3H3. The molecule has 0 aromatic heterocycles. The molecule has 1 aromatic carbocycles. The highest BCUT2D eigenvalue weighted by Crippen LogP contribution is 2.29. The minimum Gasteiger partial charge on any atom is -0.388 e. The van der Waals surface area contributed by atoms with Crippen molar-refractivity contribution in [1.29, 1.82) is 0 Å². The molecule has 1 nitrogen and oxygen atoms in total. The smallest absolute Gasteiger partial charge is 0.137 e. The van der Waals surface area contributed by atoms with Crippen LogP contribution in [0.15, 0.2) is 22.7 Å². The van der Waals surface area contributed by atoms with Crippen molar-refractivity contribution in [3.8, 4) is 0 Å². The van der Waals surface area contributed by atoms with Gasteiger partial charge in [0.15, 0.2) is 0 Å². The van der Waals surface area contributed by atoms with Crippen molar-refractivity contribution in [2.45, 2.75) is 26.9 Å². The quantitative estimate of drug-likeness (QED) is 0.886. The molecule has 0 aliphatic heterocycles. The van der Waals surface area contributed by atoms with Gasteiger partial charge in [0.2, 0.25) is 0 Å². The predicted molar refractivity (Wildman–Crippen MR) is 63.1 cm³/mol. The second kappa shape index (κ2) is 5.08. The van der Waals surface area contributed by atoms with Crippen molar-refractivity contribution < 1.29 is 9.50 Å². The molecule has 0 saturated heterocycles. The third kappa shape index (κ3) is 3.02. The van der Waals surface area contributed by atoms with E-state index >= 15 is 0 Å². The first-order valence-electron chi connectivity index (χ1n) is 5.06. The van der Waals surface area contributed by atoms with E-state index in [1.165, 1.54) is 6.07 Å². The van der Waals surface area contributed by atoms with E-state index in [0.717, 1.165) is 5.56 Å². The molecular weight excluding hydrogens is 259 g/mol. The van der Waals surface area contributed by atoms with Gasteiger partial charge in [-0.15, -0.1) is 0 Å². The Morgan fingerprint density at radius 1 is 1.27 bits per heavy atom. The molecule has 15 heavy (non-hydrogen) atoms. The van der Waals surface area contributed by atoms with Crippen LogP contribution in [0.25, 0.3) is 0 Å². The average molecular weight is 275 g/mol. The maximum atomic E-state index is 13.0. The largest absolute Gasteiger partial charge is 0.388 e. The third-order valence-corrected chi connectivity index (χ3v) is 3.44. The number of aliphatic hydroxyl groups is 1. The van der Waals surface area contributed by atoms with E-state index in [9.17, 15) is 9.50 Å². The SMILES string of the molecule is CC(C)C(C)C(O)c1ccc(F)c(Br)c1. The molecule has 0 spiro atoms. The zero-order valence-electron chi connectivity index (χ0n) is 9.17. The van der Waals surface area contributed by atoms with Crippen LogP contribution < -0.4 is 0 Å². The first kappa shape index (κ1) is 12.7. The minimum atomic E-state index is -0.540. The fourth-order valence-electron chi connectivity index (χ4n) is 1.36. The van der Waals surface area contributed by atoms with E-state index in [4.69, 9.17) is 0 Å². The molecule has 0 aliphatic rings. The van der Waals surface area contributed by atoms with Crippen LogP contribution in [0.4, 0.5) is 4.39 Å². The van der Waals surface area contributed by atoms with Gasteiger partial charge in [-0.1, -0.05) is 26.8 Å². The fraction of sp³-hybridized carbons (Fsp3) is 0.500. The van der Waals surface area contributed by atoms with Crippen molar-refractivity contribution in [2.24, 2.45) is 11.8 Å². The van der Waals surface area contributed by atoms with Gasteiger partial charge >= 0.3 is 0 Å². The van der Waals surface area contributed by atoms with Gasteiger partial charge in [0.25, 0.3) is 0 Å². The molecule has 1 N–H and O–H groups in total. The van der Waals surface area contributed by atoms with Crippen molar-refractivity contribution in [3.05, 3.63) is 34.1 Å². The molecule has 84 valence electrons. The Balaban J connectivity index is 2.91. The Morgan fingerprint density at radius 2 is 1.87 bits per heavy atom. The summed E-state index contributed by atoms with van der Waals surface area (Å²) in [6.07, 6.45) is -0.540. The lowest BCUT2D eigenvalue weighted by Crippen LogP contribution is -2.14. The van der Waals surface area contributed by atoms with Crippen LogP contribution in [-0.2, 0) is 0 Å². The highest BCUT2D eigenvalue weighted by atomic mass is 79.9. The van der Waals surface area contributed by atoms with Gasteiger partial charge in [0.1, 0.15) is 5.82 Å². The number of halogens is 2. The second-order valence-corrected chi connectivity index (χ2v) is 5.08. The molecule has 0 saturated carbocycles. The topological polar surface area (TPSA) is 20.2 Å². The van der Waals surface area contributed by atoms with E-state index in [0.29, 0.717) is 10.4 Å². The van der Waals surface area contributed by atoms with Crippen LogP contribution in [0.5, 0.6) is 0 Å². The van der Waals surface area contributed by atoms with Gasteiger partial charge in [-0.05, 0) is 45.5 Å². The summed E-state index contributed by atoms with van der Waals surface area (Å²) in [4.78, 5) is 0. The first-order chi connectivity index (χ1) is 6.93. The summed E-state index contributed by atoms with van der Waals surface area (Å²) in [7, 11) is 0. The third-order valence-electron chi connectivity index (χ3n) is 2.83. The molecule has 2 unspecified atom stereocenters. The van der Waals surface area contributed by atoms with Crippen LogP contribution in [0.2, 0.25) is 0 Å². The Morgan fingerprint density at radius 3 is 2.33 bits per heavy atom. The molecule has 0 radical (unpaired) electrons. The van der Waals surface area contributed by atoms with Gasteiger partial charge in [0, 0.05) is 0 Å². The molecule has 1 rings (SSSR count). The zero-order chi connectivity index (χ0) is 11.6. The highest BCUT2D eigenvalue weighted by molar-refractivity contribution is 9.10. The molecule has 0 bridgehead atoms. The summed E-state index contributed by atoms with van der Waals surface area (Å²) >= 11 is 3.11. The van der Waals surface area contributed by atoms with Crippen LogP contribution in [0, 0.1) is 17.7 Å². The molecule has 0 fully saturated rings. The van der Waals surface area contributed by atoms with Gasteiger partial charge < -0.3 is 5.11 Å². The fourth-order valence-corrected chi connectivity index (χ4v) is 1.76. The Kier molecular flexibility index (Phi) is 4.29. The van der Waals surface area contributed by atoms with E-state index in [-0.39, 0.29) is 11.7 Å². The number of hydrogen-bond acceptors (Lipinski definition) is 1. The van der Waals surface area contributed by atoms with Crippen molar-refractivity contribution in [2.75, 3.05) is 0 Å². The second-order valence-electron chi connectivity index (χ2n) is 4.22. The summed E-state index contributed by atoms with van der Waals surface area (Å²) in [5.41, 5.74) is 0.754. The summed E-state index contributed by atoms with van der Waals surface area (Å²) < 4.78 is 13.4. The lowest BCUT2D eigenvalue weighted by atomic mass is 9.88. The van der Waals surface area contributed by atoms with Crippen LogP contribution in [-0.4, -0.2) is 5.11 Å². The molecule has 1 aromatic rings. The number of hydrogen-bond donors (Lipinski definition) is 1. The number of rotatable bonds is 3. The Labute approximate surface area is 98.4 Å². The van der Waals surface area contributed by atoms with E-state index in [1.54, 1.807) is 12.1 Å². The van der Waals surface area contributed by atoms with Gasteiger partial charge in [0.05, 0.1) is 10.6 Å². The summed E-state index contributed by atoms with van der Waals surface area (Å²) in [6, 6.07) is 4.64. The summed E-state index contributed by atoms with van der Waals surface area (Å²) in [5.74, 6) is 0.245. The molecular formula is C12H16BrFO. The lowest BCUT2D eigenvalue weighted by molar-refractivity contribution is 0.0920. The van der Waals surface area contributed by atoms with E-state index in [2.05, 4.69) is 29.8 Å².